The molecule has 1 aliphatic rings. The molecule has 0 radical (unpaired) electrons. The molecule has 0 aliphatic heterocycles. The predicted octanol–water partition coefficient (Wildman–Crippen LogP) is 4.85. The number of carbonyl (C=O) groups excluding carboxylic acids is 2. The first-order valence-corrected chi connectivity index (χ1v) is 11.3. The second-order valence-corrected chi connectivity index (χ2v) is 7.83. The largest absolute Gasteiger partial charge is 0.466 e. The Hall–Kier alpha value is -2.31. The molecular formula is C23H36FN3O3. The van der Waals surface area contributed by atoms with Crippen LogP contribution in [-0.2, 0) is 9.53 Å². The van der Waals surface area contributed by atoms with Gasteiger partial charge in [0.05, 0.1) is 17.9 Å². The summed E-state index contributed by atoms with van der Waals surface area (Å²) in [7, 11) is 0. The van der Waals surface area contributed by atoms with E-state index < -0.39 is 5.82 Å². The summed E-state index contributed by atoms with van der Waals surface area (Å²) in [5.74, 6) is -1.05. The number of ether oxygens (including phenoxy) is 1. The summed E-state index contributed by atoms with van der Waals surface area (Å²) >= 11 is 0. The number of hydrogen-bond donors (Lipinski definition) is 3. The third-order valence-electron chi connectivity index (χ3n) is 5.56. The Morgan fingerprint density at radius 1 is 1.13 bits per heavy atom. The lowest BCUT2D eigenvalue weighted by Crippen LogP contribution is -2.27. The Morgan fingerprint density at radius 3 is 2.47 bits per heavy atom. The predicted molar refractivity (Wildman–Crippen MR) is 118 cm³/mol. The standard InChI is InChI=1S/C23H36FN3O3/c1-4-16(5-2)26-21-15-20(27-17-10-7-8-11-17)18(14-19(21)24)23(29)25-13-9-12-22(28)30-6-3/h14-17,26-27H,4-13H2,1-3H3,(H,25,29). The number of rotatable bonds is 12. The van der Waals surface area contributed by atoms with Gasteiger partial charge in [-0.2, -0.15) is 0 Å². The number of anilines is 2. The van der Waals surface area contributed by atoms with Crippen LogP contribution in [-0.4, -0.2) is 37.1 Å². The molecule has 0 unspecified atom stereocenters. The van der Waals surface area contributed by atoms with E-state index in [1.807, 2.05) is 0 Å². The first-order chi connectivity index (χ1) is 14.5. The molecule has 30 heavy (non-hydrogen) atoms. The van der Waals surface area contributed by atoms with Gasteiger partial charge >= 0.3 is 5.97 Å². The monoisotopic (exact) mass is 421 g/mol. The molecule has 6 nitrogen and oxygen atoms in total. The molecule has 1 aliphatic carbocycles. The summed E-state index contributed by atoms with van der Waals surface area (Å²) in [4.78, 5) is 24.2. The van der Waals surface area contributed by atoms with E-state index in [9.17, 15) is 14.0 Å². The zero-order valence-corrected chi connectivity index (χ0v) is 18.5. The van der Waals surface area contributed by atoms with E-state index in [1.54, 1.807) is 13.0 Å². The third kappa shape index (κ3) is 7.18. The molecule has 0 saturated heterocycles. The molecule has 168 valence electrons. The Bertz CT molecular complexity index is 701. The number of esters is 1. The molecule has 1 saturated carbocycles. The highest BCUT2D eigenvalue weighted by atomic mass is 19.1. The molecule has 1 aromatic carbocycles. The summed E-state index contributed by atoms with van der Waals surface area (Å²) < 4.78 is 19.7. The lowest BCUT2D eigenvalue weighted by molar-refractivity contribution is -0.143. The van der Waals surface area contributed by atoms with Crippen molar-refractivity contribution in [2.75, 3.05) is 23.8 Å². The summed E-state index contributed by atoms with van der Waals surface area (Å²) in [5.41, 5.74) is 1.37. The van der Waals surface area contributed by atoms with Crippen LogP contribution in [0.1, 0.15) is 82.5 Å². The summed E-state index contributed by atoms with van der Waals surface area (Å²) in [5, 5.41) is 9.51. The fourth-order valence-electron chi connectivity index (χ4n) is 3.76. The highest BCUT2D eigenvalue weighted by Crippen LogP contribution is 2.29. The SMILES string of the molecule is CCOC(=O)CCCNC(=O)c1cc(F)c(NC(CC)CC)cc1NC1CCCC1. The molecule has 0 atom stereocenters. The molecular weight excluding hydrogens is 385 g/mol. The molecule has 2 rings (SSSR count). The average molecular weight is 422 g/mol. The van der Waals surface area contributed by atoms with Crippen molar-refractivity contribution >= 4 is 23.3 Å². The van der Waals surface area contributed by atoms with Gasteiger partial charge in [0.2, 0.25) is 0 Å². The minimum atomic E-state index is -0.435. The number of carbonyl (C=O) groups is 2. The van der Waals surface area contributed by atoms with Crippen LogP contribution in [0, 0.1) is 5.82 Å². The maximum Gasteiger partial charge on any atom is 0.305 e. The van der Waals surface area contributed by atoms with Crippen molar-refractivity contribution in [3.05, 3.63) is 23.5 Å². The van der Waals surface area contributed by atoms with Crippen molar-refractivity contribution in [2.24, 2.45) is 0 Å². The van der Waals surface area contributed by atoms with E-state index in [2.05, 4.69) is 29.8 Å². The first kappa shape index (κ1) is 24.0. The lowest BCUT2D eigenvalue weighted by atomic mass is 10.1. The van der Waals surface area contributed by atoms with E-state index in [1.165, 1.54) is 6.07 Å². The average Bonchev–Trinajstić information content (AvgIpc) is 3.24. The molecule has 0 heterocycles. The zero-order valence-electron chi connectivity index (χ0n) is 18.5. The maximum atomic E-state index is 14.8. The van der Waals surface area contributed by atoms with E-state index in [0.717, 1.165) is 38.5 Å². The minimum absolute atomic E-state index is 0.182. The van der Waals surface area contributed by atoms with Gasteiger partial charge in [-0.15, -0.1) is 0 Å². The zero-order chi connectivity index (χ0) is 21.9. The van der Waals surface area contributed by atoms with Crippen LogP contribution in [0.15, 0.2) is 12.1 Å². The molecule has 0 aromatic heterocycles. The van der Waals surface area contributed by atoms with Crippen LogP contribution in [0.4, 0.5) is 15.8 Å². The van der Waals surface area contributed by atoms with Crippen molar-refractivity contribution < 1.29 is 18.7 Å². The van der Waals surface area contributed by atoms with Gasteiger partial charge in [-0.25, -0.2) is 4.39 Å². The van der Waals surface area contributed by atoms with Crippen LogP contribution in [0.25, 0.3) is 0 Å². The molecule has 0 bridgehead atoms. The number of halogens is 1. The highest BCUT2D eigenvalue weighted by Gasteiger charge is 2.21. The Morgan fingerprint density at radius 2 is 1.83 bits per heavy atom. The minimum Gasteiger partial charge on any atom is -0.466 e. The first-order valence-electron chi connectivity index (χ1n) is 11.3. The van der Waals surface area contributed by atoms with E-state index in [-0.39, 0.29) is 24.3 Å². The van der Waals surface area contributed by atoms with Crippen molar-refractivity contribution in [1.29, 1.82) is 0 Å². The van der Waals surface area contributed by atoms with Crippen molar-refractivity contribution in [2.45, 2.75) is 84.2 Å². The summed E-state index contributed by atoms with van der Waals surface area (Å²) in [6.45, 7) is 6.56. The maximum absolute atomic E-state index is 14.8. The molecule has 3 N–H and O–H groups in total. The summed E-state index contributed by atoms with van der Waals surface area (Å²) in [6, 6.07) is 3.51. The third-order valence-corrected chi connectivity index (χ3v) is 5.56. The van der Waals surface area contributed by atoms with Crippen molar-refractivity contribution in [1.82, 2.24) is 5.32 Å². The van der Waals surface area contributed by atoms with Gasteiger partial charge in [0.25, 0.3) is 5.91 Å². The van der Waals surface area contributed by atoms with Crippen LogP contribution >= 0.6 is 0 Å². The van der Waals surface area contributed by atoms with E-state index in [4.69, 9.17) is 4.74 Å². The fourth-order valence-corrected chi connectivity index (χ4v) is 3.76. The van der Waals surface area contributed by atoms with Crippen LogP contribution in [0.5, 0.6) is 0 Å². The second kappa shape index (κ2) is 12.4. The molecule has 1 aromatic rings. The molecule has 1 fully saturated rings. The van der Waals surface area contributed by atoms with Gasteiger partial charge in [-0.1, -0.05) is 26.7 Å². The second-order valence-electron chi connectivity index (χ2n) is 7.83. The van der Waals surface area contributed by atoms with Crippen LogP contribution < -0.4 is 16.0 Å². The number of benzene rings is 1. The van der Waals surface area contributed by atoms with Crippen molar-refractivity contribution in [3.8, 4) is 0 Å². The summed E-state index contributed by atoms with van der Waals surface area (Å²) in [6.07, 6.45) is 6.93. The number of nitrogens with one attached hydrogen (secondary N) is 3. The lowest BCUT2D eigenvalue weighted by Gasteiger charge is -2.21. The molecule has 7 heteroatoms. The van der Waals surface area contributed by atoms with Gasteiger partial charge in [-0.3, -0.25) is 9.59 Å². The quantitative estimate of drug-likeness (QED) is 0.332. The molecule has 0 spiro atoms. The Labute approximate surface area is 179 Å². The topological polar surface area (TPSA) is 79.5 Å². The van der Waals surface area contributed by atoms with Crippen molar-refractivity contribution in [3.63, 3.8) is 0 Å². The highest BCUT2D eigenvalue weighted by molar-refractivity contribution is 6.00. The van der Waals surface area contributed by atoms with E-state index >= 15 is 0 Å². The van der Waals surface area contributed by atoms with Crippen LogP contribution in [0.3, 0.4) is 0 Å². The van der Waals surface area contributed by atoms with E-state index in [0.29, 0.717) is 42.6 Å². The Kier molecular flexibility index (Phi) is 9.91. The smallest absolute Gasteiger partial charge is 0.305 e. The van der Waals surface area contributed by atoms with Gasteiger partial charge in [0, 0.05) is 30.7 Å². The number of amides is 1. The molecule has 1 amide bonds. The van der Waals surface area contributed by atoms with Gasteiger partial charge in [-0.05, 0) is 51.2 Å². The fraction of sp³-hybridized carbons (Fsp3) is 0.652. The van der Waals surface area contributed by atoms with Gasteiger partial charge in [0.15, 0.2) is 0 Å². The Balaban J connectivity index is 2.11. The normalized spacial score (nSPS) is 14.0. The van der Waals surface area contributed by atoms with Gasteiger partial charge < -0.3 is 20.7 Å². The van der Waals surface area contributed by atoms with Crippen LogP contribution in [0.2, 0.25) is 0 Å². The number of hydrogen-bond acceptors (Lipinski definition) is 5. The van der Waals surface area contributed by atoms with Gasteiger partial charge in [0.1, 0.15) is 5.82 Å².